The molecule has 1 heteroatoms. The summed E-state index contributed by atoms with van der Waals surface area (Å²) in [5.74, 6) is 0. The van der Waals surface area contributed by atoms with Gasteiger partial charge in [0.05, 0.1) is 16.6 Å². The third-order valence-corrected chi connectivity index (χ3v) is 8.28. The van der Waals surface area contributed by atoms with Crippen LogP contribution < -0.4 is 0 Å². The van der Waals surface area contributed by atoms with Crippen molar-refractivity contribution in [2.75, 3.05) is 0 Å². The molecule has 0 aliphatic carbocycles. The summed E-state index contributed by atoms with van der Waals surface area (Å²) >= 11 is 0. The van der Waals surface area contributed by atoms with Crippen LogP contribution in [0.5, 0.6) is 0 Å². The number of benzene rings is 7. The lowest BCUT2D eigenvalue weighted by atomic mass is 9.96. The van der Waals surface area contributed by atoms with Crippen molar-refractivity contribution in [1.29, 1.82) is 0 Å². The minimum absolute atomic E-state index is 1.25. The minimum Gasteiger partial charge on any atom is -0.308 e. The zero-order chi connectivity index (χ0) is 24.1. The van der Waals surface area contributed by atoms with E-state index in [1.807, 2.05) is 0 Å². The van der Waals surface area contributed by atoms with E-state index in [9.17, 15) is 0 Å². The highest BCUT2D eigenvalue weighted by atomic mass is 14.9. The lowest BCUT2D eigenvalue weighted by Gasteiger charge is -2.08. The summed E-state index contributed by atoms with van der Waals surface area (Å²) in [5.41, 5.74) is 6.39. The quantitative estimate of drug-likeness (QED) is 0.212. The Hall–Kier alpha value is -4.88. The van der Waals surface area contributed by atoms with Gasteiger partial charge in [0.2, 0.25) is 0 Å². The van der Waals surface area contributed by atoms with E-state index in [4.69, 9.17) is 0 Å². The molecule has 0 bridgehead atoms. The van der Waals surface area contributed by atoms with Crippen LogP contribution in [0, 0.1) is 0 Å². The molecule has 0 radical (unpaired) electrons. The van der Waals surface area contributed by atoms with Crippen molar-refractivity contribution in [1.82, 2.24) is 4.40 Å². The first-order valence-electron chi connectivity index (χ1n) is 12.9. The number of para-hydroxylation sites is 1. The Bertz CT molecular complexity index is 2350. The first-order valence-corrected chi connectivity index (χ1v) is 12.9. The van der Waals surface area contributed by atoms with Crippen molar-refractivity contribution < 1.29 is 0 Å². The Morgan fingerprint density at radius 3 is 1.89 bits per heavy atom. The average molecular weight is 468 g/mol. The fraction of sp³-hybridized carbons (Fsp3) is 0. The molecule has 0 unspecified atom stereocenters. The van der Waals surface area contributed by atoms with Crippen molar-refractivity contribution in [2.45, 2.75) is 0 Å². The van der Waals surface area contributed by atoms with Gasteiger partial charge in [0, 0.05) is 21.5 Å². The zero-order valence-electron chi connectivity index (χ0n) is 20.1. The van der Waals surface area contributed by atoms with Crippen molar-refractivity contribution in [3.8, 4) is 11.1 Å². The summed E-state index contributed by atoms with van der Waals surface area (Å²) in [5, 5.41) is 13.1. The number of hydrogen-bond donors (Lipinski definition) is 0. The Kier molecular flexibility index (Phi) is 3.59. The van der Waals surface area contributed by atoms with Crippen molar-refractivity contribution in [2.24, 2.45) is 0 Å². The molecule has 2 aromatic heterocycles. The highest BCUT2D eigenvalue weighted by molar-refractivity contribution is 6.28. The molecule has 9 rings (SSSR count). The lowest BCUT2D eigenvalue weighted by molar-refractivity contribution is 1.37. The standard InChI is InChI=1S/C36H21N/c1-3-8-27-22(6-1)12-13-26-20-24(14-17-28(26)27)25-16-18-33-32(21-25)30-10-5-11-31-35-29-9-4-2-7-23(29)15-19-34(35)37(33)36(30)31/h1-21H. The van der Waals surface area contributed by atoms with Gasteiger partial charge in [-0.3, -0.25) is 0 Å². The first kappa shape index (κ1) is 19.3. The van der Waals surface area contributed by atoms with Crippen molar-refractivity contribution in [3.63, 3.8) is 0 Å². The van der Waals surface area contributed by atoms with Crippen LogP contribution in [-0.2, 0) is 0 Å². The maximum absolute atomic E-state index is 2.47. The number of fused-ring (bicyclic) bond motifs is 11. The number of aromatic nitrogens is 1. The molecule has 0 amide bonds. The molecular formula is C36H21N. The molecule has 1 nitrogen and oxygen atoms in total. The topological polar surface area (TPSA) is 4.41 Å². The molecule has 0 saturated heterocycles. The van der Waals surface area contributed by atoms with E-state index in [1.165, 1.54) is 81.5 Å². The lowest BCUT2D eigenvalue weighted by Crippen LogP contribution is -1.84. The summed E-state index contributed by atoms with van der Waals surface area (Å²) in [7, 11) is 0. The van der Waals surface area contributed by atoms with Crippen LogP contribution in [0.4, 0.5) is 0 Å². The van der Waals surface area contributed by atoms with Gasteiger partial charge in [0.15, 0.2) is 0 Å². The van der Waals surface area contributed by atoms with Gasteiger partial charge in [-0.2, -0.15) is 0 Å². The second-order valence-electron chi connectivity index (χ2n) is 10.2. The smallest absolute Gasteiger partial charge is 0.0620 e. The Labute approximate surface area is 213 Å². The fourth-order valence-electron chi connectivity index (χ4n) is 6.62. The van der Waals surface area contributed by atoms with Gasteiger partial charge >= 0.3 is 0 Å². The molecule has 0 fully saturated rings. The fourth-order valence-corrected chi connectivity index (χ4v) is 6.62. The number of rotatable bonds is 1. The summed E-state index contributed by atoms with van der Waals surface area (Å²) in [6, 6.07) is 47.0. The Morgan fingerprint density at radius 1 is 0.351 bits per heavy atom. The van der Waals surface area contributed by atoms with E-state index in [-0.39, 0.29) is 0 Å². The number of nitrogens with zero attached hydrogens (tertiary/aromatic N) is 1. The summed E-state index contributed by atoms with van der Waals surface area (Å²) < 4.78 is 2.47. The SMILES string of the molecule is c1ccc2c(c1)ccc1cc(-c3ccc4c(c3)c3cccc5c6c7ccccc7ccc6n4c35)ccc12. The molecule has 7 aromatic carbocycles. The van der Waals surface area contributed by atoms with Crippen LogP contribution in [0.2, 0.25) is 0 Å². The van der Waals surface area contributed by atoms with Crippen LogP contribution in [0.3, 0.4) is 0 Å². The predicted molar refractivity (Wildman–Crippen MR) is 159 cm³/mol. The third kappa shape index (κ3) is 2.48. The molecule has 0 spiro atoms. The Balaban J connectivity index is 1.32. The Morgan fingerprint density at radius 2 is 0.973 bits per heavy atom. The van der Waals surface area contributed by atoms with Gasteiger partial charge in [0.25, 0.3) is 0 Å². The molecular weight excluding hydrogens is 446 g/mol. The normalized spacial score (nSPS) is 12.3. The van der Waals surface area contributed by atoms with Crippen LogP contribution in [-0.4, -0.2) is 4.40 Å². The monoisotopic (exact) mass is 467 g/mol. The van der Waals surface area contributed by atoms with Gasteiger partial charge in [-0.15, -0.1) is 0 Å². The van der Waals surface area contributed by atoms with E-state index < -0.39 is 0 Å². The second kappa shape index (κ2) is 6.87. The minimum atomic E-state index is 1.25. The van der Waals surface area contributed by atoms with E-state index in [1.54, 1.807) is 0 Å². The maximum atomic E-state index is 2.47. The van der Waals surface area contributed by atoms with E-state index >= 15 is 0 Å². The second-order valence-corrected chi connectivity index (χ2v) is 10.2. The largest absolute Gasteiger partial charge is 0.308 e. The van der Waals surface area contributed by atoms with Gasteiger partial charge in [-0.25, -0.2) is 0 Å². The molecule has 170 valence electrons. The summed E-state index contributed by atoms with van der Waals surface area (Å²) in [6.45, 7) is 0. The molecule has 0 saturated carbocycles. The van der Waals surface area contributed by atoms with Gasteiger partial charge in [-0.1, -0.05) is 103 Å². The number of hydrogen-bond acceptors (Lipinski definition) is 0. The summed E-state index contributed by atoms with van der Waals surface area (Å²) in [6.07, 6.45) is 0. The zero-order valence-corrected chi connectivity index (χ0v) is 20.1. The molecule has 9 aromatic rings. The van der Waals surface area contributed by atoms with Gasteiger partial charge < -0.3 is 4.40 Å². The van der Waals surface area contributed by atoms with Gasteiger partial charge in [0.1, 0.15) is 0 Å². The van der Waals surface area contributed by atoms with Crippen molar-refractivity contribution >= 4 is 70.4 Å². The van der Waals surface area contributed by atoms with Crippen LogP contribution in [0.15, 0.2) is 127 Å². The van der Waals surface area contributed by atoms with E-state index in [0.29, 0.717) is 0 Å². The molecule has 0 aliphatic heterocycles. The third-order valence-electron chi connectivity index (χ3n) is 8.28. The van der Waals surface area contributed by atoms with Crippen LogP contribution in [0.25, 0.3) is 81.5 Å². The predicted octanol–water partition coefficient (Wildman–Crippen LogP) is 9.96. The molecule has 0 atom stereocenters. The average Bonchev–Trinajstić information content (AvgIpc) is 3.49. The molecule has 2 heterocycles. The van der Waals surface area contributed by atoms with Crippen LogP contribution >= 0.6 is 0 Å². The maximum Gasteiger partial charge on any atom is 0.0620 e. The highest BCUT2D eigenvalue weighted by Crippen LogP contribution is 2.42. The molecule has 0 aliphatic rings. The van der Waals surface area contributed by atoms with Gasteiger partial charge in [-0.05, 0) is 67.7 Å². The molecule has 37 heavy (non-hydrogen) atoms. The van der Waals surface area contributed by atoms with E-state index in [2.05, 4.69) is 132 Å². The summed E-state index contributed by atoms with van der Waals surface area (Å²) in [4.78, 5) is 0. The molecule has 0 N–H and O–H groups in total. The van der Waals surface area contributed by atoms with E-state index in [0.717, 1.165) is 0 Å². The van der Waals surface area contributed by atoms with Crippen LogP contribution in [0.1, 0.15) is 0 Å². The van der Waals surface area contributed by atoms with Crippen molar-refractivity contribution in [3.05, 3.63) is 127 Å². The highest BCUT2D eigenvalue weighted by Gasteiger charge is 2.19. The first-order chi connectivity index (χ1) is 18.3.